The predicted octanol–water partition coefficient (Wildman–Crippen LogP) is 4.44. The van der Waals surface area contributed by atoms with E-state index in [0.29, 0.717) is 11.4 Å². The van der Waals surface area contributed by atoms with Crippen molar-refractivity contribution in [2.75, 3.05) is 4.90 Å². The number of carbonyl (C=O) groups excluding carboxylic acids is 4. The summed E-state index contributed by atoms with van der Waals surface area (Å²) in [6.07, 6.45) is 4.96. The molecule has 1 heterocycles. The SMILES string of the molecule is O=C(Oc1ccccc1C(=O)Oc1ccccc1)c1ccc(N2C(=O)C3C4C=CC(C4)C3C2=O)cc1. The molecule has 1 saturated carbocycles. The summed E-state index contributed by atoms with van der Waals surface area (Å²) in [5.74, 6) is -1.57. The van der Waals surface area contributed by atoms with Gasteiger partial charge in [-0.1, -0.05) is 42.5 Å². The number of para-hydroxylation sites is 2. The van der Waals surface area contributed by atoms with Crippen LogP contribution in [0.15, 0.2) is 91.0 Å². The molecule has 2 bridgehead atoms. The largest absolute Gasteiger partial charge is 0.423 e. The number of imide groups is 1. The summed E-state index contributed by atoms with van der Waals surface area (Å²) in [5.41, 5.74) is 0.752. The Morgan fingerprint density at radius 2 is 1.31 bits per heavy atom. The maximum absolute atomic E-state index is 13.0. The molecule has 0 N–H and O–H groups in total. The summed E-state index contributed by atoms with van der Waals surface area (Å²) in [7, 11) is 0. The van der Waals surface area contributed by atoms with E-state index in [0.717, 1.165) is 6.42 Å². The normalized spacial score (nSPS) is 23.6. The Morgan fingerprint density at radius 1 is 0.694 bits per heavy atom. The Balaban J connectivity index is 1.17. The number of benzene rings is 3. The van der Waals surface area contributed by atoms with Crippen LogP contribution >= 0.6 is 0 Å². The number of esters is 2. The fourth-order valence-corrected chi connectivity index (χ4v) is 5.44. The number of allylic oxidation sites excluding steroid dienone is 2. The molecule has 3 aliphatic rings. The molecule has 4 atom stereocenters. The highest BCUT2D eigenvalue weighted by Gasteiger charge is 2.59. The van der Waals surface area contributed by atoms with Gasteiger partial charge in [-0.05, 0) is 66.8 Å². The van der Waals surface area contributed by atoms with Gasteiger partial charge in [0.1, 0.15) is 17.1 Å². The minimum atomic E-state index is -0.681. The molecule has 3 aromatic rings. The summed E-state index contributed by atoms with van der Waals surface area (Å²) in [5, 5.41) is 0. The van der Waals surface area contributed by atoms with Crippen molar-refractivity contribution in [1.82, 2.24) is 0 Å². The quantitative estimate of drug-likeness (QED) is 0.233. The molecule has 4 unspecified atom stereocenters. The third-order valence-corrected chi connectivity index (χ3v) is 7.09. The number of nitrogens with zero attached hydrogens (tertiary/aromatic N) is 1. The van der Waals surface area contributed by atoms with Crippen molar-refractivity contribution in [3.05, 3.63) is 102 Å². The van der Waals surface area contributed by atoms with Crippen LogP contribution in [0, 0.1) is 23.7 Å². The van der Waals surface area contributed by atoms with Crippen LogP contribution in [-0.2, 0) is 9.59 Å². The highest BCUT2D eigenvalue weighted by Crippen LogP contribution is 2.53. The first-order chi connectivity index (χ1) is 17.5. The topological polar surface area (TPSA) is 90.0 Å². The number of hydrogen-bond acceptors (Lipinski definition) is 6. The van der Waals surface area contributed by atoms with Crippen LogP contribution in [0.2, 0.25) is 0 Å². The maximum Gasteiger partial charge on any atom is 0.347 e. The molecule has 0 radical (unpaired) electrons. The van der Waals surface area contributed by atoms with Crippen molar-refractivity contribution in [2.45, 2.75) is 6.42 Å². The highest BCUT2D eigenvalue weighted by molar-refractivity contribution is 6.22. The van der Waals surface area contributed by atoms with E-state index in [4.69, 9.17) is 9.47 Å². The predicted molar refractivity (Wildman–Crippen MR) is 129 cm³/mol. The van der Waals surface area contributed by atoms with Gasteiger partial charge < -0.3 is 9.47 Å². The Bertz CT molecular complexity index is 1380. The van der Waals surface area contributed by atoms with Gasteiger partial charge in [-0.3, -0.25) is 14.5 Å². The zero-order chi connectivity index (χ0) is 24.8. The highest BCUT2D eigenvalue weighted by atomic mass is 16.5. The van der Waals surface area contributed by atoms with Crippen molar-refractivity contribution < 1.29 is 28.7 Å². The van der Waals surface area contributed by atoms with Crippen LogP contribution in [0.5, 0.6) is 11.5 Å². The number of fused-ring (bicyclic) bond motifs is 5. The van der Waals surface area contributed by atoms with E-state index in [1.54, 1.807) is 54.6 Å². The first kappa shape index (κ1) is 22.0. The van der Waals surface area contributed by atoms with Crippen LogP contribution in [0.3, 0.4) is 0 Å². The third-order valence-electron chi connectivity index (χ3n) is 7.09. The lowest BCUT2D eigenvalue weighted by Crippen LogP contribution is -2.32. The van der Waals surface area contributed by atoms with E-state index in [1.807, 2.05) is 12.2 Å². The molecule has 0 spiro atoms. The van der Waals surface area contributed by atoms with Gasteiger partial charge >= 0.3 is 11.9 Å². The van der Waals surface area contributed by atoms with E-state index in [-0.39, 0.29) is 52.4 Å². The molecule has 6 rings (SSSR count). The minimum absolute atomic E-state index is 0.0632. The third kappa shape index (κ3) is 3.60. The minimum Gasteiger partial charge on any atom is -0.423 e. The van der Waals surface area contributed by atoms with E-state index < -0.39 is 11.9 Å². The van der Waals surface area contributed by atoms with Gasteiger partial charge in [0.2, 0.25) is 11.8 Å². The van der Waals surface area contributed by atoms with Crippen molar-refractivity contribution in [1.29, 1.82) is 0 Å². The second kappa shape index (κ2) is 8.61. The lowest BCUT2D eigenvalue weighted by Gasteiger charge is -2.17. The first-order valence-corrected chi connectivity index (χ1v) is 11.8. The molecule has 0 aromatic heterocycles. The Kier molecular flexibility index (Phi) is 5.25. The van der Waals surface area contributed by atoms with Gasteiger partial charge in [0.05, 0.1) is 23.1 Å². The Labute approximate surface area is 206 Å². The Morgan fingerprint density at radius 3 is 1.97 bits per heavy atom. The average Bonchev–Trinajstić information content (AvgIpc) is 3.58. The van der Waals surface area contributed by atoms with E-state index in [9.17, 15) is 19.2 Å². The summed E-state index contributed by atoms with van der Waals surface area (Å²) in [4.78, 5) is 52.8. The summed E-state index contributed by atoms with van der Waals surface area (Å²) in [6.45, 7) is 0. The van der Waals surface area contributed by atoms with Crippen LogP contribution < -0.4 is 14.4 Å². The van der Waals surface area contributed by atoms with Crippen LogP contribution in [0.4, 0.5) is 5.69 Å². The molecule has 1 aliphatic heterocycles. The maximum atomic E-state index is 13.0. The van der Waals surface area contributed by atoms with Crippen molar-refractivity contribution in [2.24, 2.45) is 23.7 Å². The van der Waals surface area contributed by atoms with Crippen LogP contribution in [0.25, 0.3) is 0 Å². The molecule has 2 fully saturated rings. The Hall–Kier alpha value is -4.52. The molecule has 7 nitrogen and oxygen atoms in total. The average molecular weight is 479 g/mol. The number of amides is 2. The fourth-order valence-electron chi connectivity index (χ4n) is 5.44. The molecule has 7 heteroatoms. The molecule has 1 saturated heterocycles. The monoisotopic (exact) mass is 479 g/mol. The lowest BCUT2D eigenvalue weighted by molar-refractivity contribution is -0.123. The number of carbonyl (C=O) groups is 4. The fraction of sp³-hybridized carbons (Fsp3) is 0.172. The molecule has 178 valence electrons. The van der Waals surface area contributed by atoms with Gasteiger partial charge in [0.15, 0.2) is 0 Å². The van der Waals surface area contributed by atoms with Gasteiger partial charge in [0, 0.05) is 0 Å². The smallest absolute Gasteiger partial charge is 0.347 e. The van der Waals surface area contributed by atoms with E-state index >= 15 is 0 Å². The van der Waals surface area contributed by atoms with Gasteiger partial charge in [-0.2, -0.15) is 0 Å². The van der Waals surface area contributed by atoms with Crippen LogP contribution in [0.1, 0.15) is 27.1 Å². The molecular formula is C29H21NO6. The second-order valence-electron chi connectivity index (χ2n) is 9.15. The molecule has 2 amide bonds. The lowest BCUT2D eigenvalue weighted by atomic mass is 9.85. The molecule has 3 aromatic carbocycles. The van der Waals surface area contributed by atoms with Crippen molar-refractivity contribution >= 4 is 29.4 Å². The zero-order valence-corrected chi connectivity index (χ0v) is 19.1. The number of ether oxygens (including phenoxy) is 2. The molecule has 36 heavy (non-hydrogen) atoms. The van der Waals surface area contributed by atoms with Crippen LogP contribution in [-0.4, -0.2) is 23.8 Å². The summed E-state index contributed by atoms with van der Waals surface area (Å²) < 4.78 is 10.9. The number of anilines is 1. The number of hydrogen-bond donors (Lipinski definition) is 0. The molecule has 2 aliphatic carbocycles. The van der Waals surface area contributed by atoms with E-state index in [2.05, 4.69) is 0 Å². The van der Waals surface area contributed by atoms with Gasteiger partial charge in [-0.15, -0.1) is 0 Å². The first-order valence-electron chi connectivity index (χ1n) is 11.8. The van der Waals surface area contributed by atoms with Gasteiger partial charge in [0.25, 0.3) is 0 Å². The zero-order valence-electron chi connectivity index (χ0n) is 19.1. The summed E-state index contributed by atoms with van der Waals surface area (Å²) in [6, 6.07) is 21.1. The van der Waals surface area contributed by atoms with Crippen molar-refractivity contribution in [3.8, 4) is 11.5 Å². The van der Waals surface area contributed by atoms with Crippen molar-refractivity contribution in [3.63, 3.8) is 0 Å². The standard InChI is InChI=1S/C29H21NO6/c31-26-24-18-10-11-19(16-18)25(24)27(32)30(26)20-14-12-17(13-15-20)28(33)36-23-9-5-4-8-22(23)29(34)35-21-6-2-1-3-7-21/h1-15,18-19,24-25H,16H2. The second-order valence-corrected chi connectivity index (χ2v) is 9.15. The number of rotatable bonds is 5. The van der Waals surface area contributed by atoms with Gasteiger partial charge in [-0.25, -0.2) is 9.59 Å². The van der Waals surface area contributed by atoms with E-state index in [1.165, 1.54) is 29.2 Å². The molecular weight excluding hydrogens is 458 g/mol. The summed E-state index contributed by atoms with van der Waals surface area (Å²) >= 11 is 0.